The molecule has 0 aromatic heterocycles. The molecule has 3 nitrogen and oxygen atoms in total. The fourth-order valence-corrected chi connectivity index (χ4v) is 1.78. The van der Waals surface area contributed by atoms with Crippen molar-refractivity contribution in [2.45, 2.75) is 45.4 Å². The highest BCUT2D eigenvalue weighted by Crippen LogP contribution is 2.26. The second-order valence-corrected chi connectivity index (χ2v) is 4.07. The summed E-state index contributed by atoms with van der Waals surface area (Å²) in [6, 6.07) is 0. The molecule has 17 heavy (non-hydrogen) atoms. The van der Waals surface area contributed by atoms with Gasteiger partial charge in [0, 0.05) is 18.9 Å². The highest BCUT2D eigenvalue weighted by atomic mass is 16.5. The molecule has 0 aliphatic heterocycles. The number of carboxylic acids is 1. The number of hydrogen-bond donors (Lipinski definition) is 1. The molecule has 2 aliphatic carbocycles. The molecule has 0 aromatic carbocycles. The summed E-state index contributed by atoms with van der Waals surface area (Å²) in [5.41, 5.74) is 0. The predicted octanol–water partition coefficient (Wildman–Crippen LogP) is 3.79. The summed E-state index contributed by atoms with van der Waals surface area (Å²) in [5, 5.41) is 7.83. The van der Waals surface area contributed by atoms with Crippen LogP contribution in [0.1, 0.15) is 45.4 Å². The second kappa shape index (κ2) is 7.71. The highest BCUT2D eigenvalue weighted by molar-refractivity contribution is 5.79. The van der Waals surface area contributed by atoms with Crippen LogP contribution in [0.3, 0.4) is 0 Å². The van der Waals surface area contributed by atoms with Crippen molar-refractivity contribution in [3.05, 3.63) is 35.8 Å². The van der Waals surface area contributed by atoms with E-state index in [-0.39, 0.29) is 0 Å². The Kier molecular flexibility index (Phi) is 6.15. The van der Waals surface area contributed by atoms with E-state index in [4.69, 9.17) is 9.84 Å². The van der Waals surface area contributed by atoms with Crippen LogP contribution >= 0.6 is 0 Å². The van der Waals surface area contributed by atoms with Crippen LogP contribution in [0, 0.1) is 0 Å². The van der Waals surface area contributed by atoms with E-state index in [1.54, 1.807) is 6.92 Å². The van der Waals surface area contributed by atoms with E-state index in [1.807, 2.05) is 0 Å². The Morgan fingerprint density at radius 2 is 1.76 bits per heavy atom. The van der Waals surface area contributed by atoms with E-state index in [1.165, 1.54) is 43.3 Å². The first-order valence-electron chi connectivity index (χ1n) is 6.14. The maximum Gasteiger partial charge on any atom is 0.327 e. The Morgan fingerprint density at radius 1 is 1.24 bits per heavy atom. The largest absolute Gasteiger partial charge is 0.478 e. The van der Waals surface area contributed by atoms with Crippen molar-refractivity contribution in [2.75, 3.05) is 0 Å². The van der Waals surface area contributed by atoms with Gasteiger partial charge in [0.25, 0.3) is 0 Å². The molecule has 0 saturated carbocycles. The summed E-state index contributed by atoms with van der Waals surface area (Å²) >= 11 is 0. The molecule has 94 valence electrons. The molecule has 0 saturated heterocycles. The molecule has 0 fully saturated rings. The van der Waals surface area contributed by atoms with Crippen molar-refractivity contribution in [2.24, 2.45) is 0 Å². The molecular formula is C14H20O3. The van der Waals surface area contributed by atoms with Crippen LogP contribution in [-0.2, 0) is 9.53 Å². The molecule has 0 atom stereocenters. The zero-order valence-corrected chi connectivity index (χ0v) is 10.3. The lowest BCUT2D eigenvalue weighted by atomic mass is 10.3. The van der Waals surface area contributed by atoms with Crippen LogP contribution in [0.5, 0.6) is 0 Å². The molecule has 2 rings (SSSR count). The van der Waals surface area contributed by atoms with Gasteiger partial charge in [-0.2, -0.15) is 0 Å². The number of carbonyl (C=O) groups is 1. The zero-order chi connectivity index (χ0) is 12.5. The third-order valence-corrected chi connectivity index (χ3v) is 2.57. The molecule has 0 aromatic rings. The summed E-state index contributed by atoms with van der Waals surface area (Å²) in [4.78, 5) is 9.51. The summed E-state index contributed by atoms with van der Waals surface area (Å²) < 4.78 is 5.69. The Morgan fingerprint density at radius 3 is 2.00 bits per heavy atom. The quantitative estimate of drug-likeness (QED) is 0.758. The van der Waals surface area contributed by atoms with Gasteiger partial charge in [0.2, 0.25) is 0 Å². The van der Waals surface area contributed by atoms with Gasteiger partial charge in [0.15, 0.2) is 0 Å². The highest BCUT2D eigenvalue weighted by Gasteiger charge is 2.10. The normalized spacial score (nSPS) is 18.4. The smallest absolute Gasteiger partial charge is 0.327 e. The van der Waals surface area contributed by atoms with Crippen LogP contribution in [0.15, 0.2) is 35.8 Å². The number of ether oxygens (including phenoxy) is 1. The fourth-order valence-electron chi connectivity index (χ4n) is 1.78. The minimum Gasteiger partial charge on any atom is -0.478 e. The van der Waals surface area contributed by atoms with Crippen molar-refractivity contribution in [1.29, 1.82) is 0 Å². The summed E-state index contributed by atoms with van der Waals surface area (Å²) in [6.45, 7) is 1.66. The lowest BCUT2D eigenvalue weighted by molar-refractivity contribution is -0.131. The van der Waals surface area contributed by atoms with Crippen LogP contribution in [0.4, 0.5) is 0 Å². The lowest BCUT2D eigenvalue weighted by Crippen LogP contribution is -1.87. The van der Waals surface area contributed by atoms with Crippen molar-refractivity contribution >= 4 is 5.97 Å². The SMILES string of the molecule is C1=C(OC2=CCCC2)CCC1.CC=CC(=O)O. The zero-order valence-electron chi connectivity index (χ0n) is 10.3. The minimum atomic E-state index is -0.891. The number of aliphatic carboxylic acids is 1. The van der Waals surface area contributed by atoms with Crippen molar-refractivity contribution in [3.8, 4) is 0 Å². The van der Waals surface area contributed by atoms with Gasteiger partial charge in [-0.05, 0) is 44.8 Å². The molecule has 2 aliphatic rings. The molecule has 3 heteroatoms. The average molecular weight is 236 g/mol. The van der Waals surface area contributed by atoms with E-state index in [2.05, 4.69) is 12.2 Å². The molecule has 0 radical (unpaired) electrons. The molecule has 1 N–H and O–H groups in total. The Balaban J connectivity index is 0.000000209. The van der Waals surface area contributed by atoms with E-state index in [0.717, 1.165) is 18.9 Å². The van der Waals surface area contributed by atoms with E-state index >= 15 is 0 Å². The van der Waals surface area contributed by atoms with E-state index in [0.29, 0.717) is 0 Å². The Bertz CT molecular complexity index is 315. The first-order chi connectivity index (χ1) is 8.22. The monoisotopic (exact) mass is 236 g/mol. The minimum absolute atomic E-state index is 0.891. The number of carboxylic acid groups (broad SMARTS) is 1. The van der Waals surface area contributed by atoms with Gasteiger partial charge in [-0.15, -0.1) is 0 Å². The van der Waals surface area contributed by atoms with Gasteiger partial charge < -0.3 is 9.84 Å². The first kappa shape index (κ1) is 13.6. The summed E-state index contributed by atoms with van der Waals surface area (Å²) in [7, 11) is 0. The average Bonchev–Trinajstić information content (AvgIpc) is 2.92. The Labute approximate surface area is 102 Å². The first-order valence-corrected chi connectivity index (χ1v) is 6.14. The summed E-state index contributed by atoms with van der Waals surface area (Å²) in [5.74, 6) is 1.52. The number of hydrogen-bond acceptors (Lipinski definition) is 2. The molecule has 0 heterocycles. The van der Waals surface area contributed by atoms with Gasteiger partial charge >= 0.3 is 5.97 Å². The molecule has 0 spiro atoms. The molecule has 0 amide bonds. The van der Waals surface area contributed by atoms with Crippen LogP contribution in [-0.4, -0.2) is 11.1 Å². The van der Waals surface area contributed by atoms with Gasteiger partial charge in [0.1, 0.15) is 0 Å². The van der Waals surface area contributed by atoms with Crippen LogP contribution in [0.2, 0.25) is 0 Å². The number of allylic oxidation sites excluding steroid dienone is 5. The third-order valence-electron chi connectivity index (χ3n) is 2.57. The van der Waals surface area contributed by atoms with Crippen molar-refractivity contribution < 1.29 is 14.6 Å². The van der Waals surface area contributed by atoms with E-state index < -0.39 is 5.97 Å². The lowest BCUT2D eigenvalue weighted by Gasteiger charge is -2.05. The van der Waals surface area contributed by atoms with Crippen LogP contribution in [0.25, 0.3) is 0 Å². The van der Waals surface area contributed by atoms with Crippen molar-refractivity contribution in [1.82, 2.24) is 0 Å². The maximum absolute atomic E-state index is 9.51. The standard InChI is InChI=1S/C10H14O.C4H6O2/c1-2-6-9(5-1)11-10-7-3-4-8-10;1-2-3-4(5)6/h5,7H,1-4,6,8H2;2-3H,1H3,(H,5,6). The van der Waals surface area contributed by atoms with Gasteiger partial charge in [-0.1, -0.05) is 6.08 Å². The number of rotatable bonds is 3. The Hall–Kier alpha value is -1.51. The van der Waals surface area contributed by atoms with Gasteiger partial charge in [-0.3, -0.25) is 0 Å². The van der Waals surface area contributed by atoms with Gasteiger partial charge in [-0.25, -0.2) is 4.79 Å². The molecule has 0 unspecified atom stereocenters. The predicted molar refractivity (Wildman–Crippen MR) is 67.4 cm³/mol. The fraction of sp³-hybridized carbons (Fsp3) is 0.500. The van der Waals surface area contributed by atoms with Crippen LogP contribution < -0.4 is 0 Å². The molecular weight excluding hydrogens is 216 g/mol. The van der Waals surface area contributed by atoms with Gasteiger partial charge in [0.05, 0.1) is 11.5 Å². The van der Waals surface area contributed by atoms with Crippen molar-refractivity contribution in [3.63, 3.8) is 0 Å². The summed E-state index contributed by atoms with van der Waals surface area (Å²) in [6.07, 6.45) is 14.3. The molecule has 0 bridgehead atoms. The topological polar surface area (TPSA) is 46.5 Å². The maximum atomic E-state index is 9.51. The third kappa shape index (κ3) is 5.95. The van der Waals surface area contributed by atoms with E-state index in [9.17, 15) is 4.79 Å². The second-order valence-electron chi connectivity index (χ2n) is 4.07.